The predicted octanol–water partition coefficient (Wildman–Crippen LogP) is 3.88. The topological polar surface area (TPSA) is 64.7 Å². The summed E-state index contributed by atoms with van der Waals surface area (Å²) in [6, 6.07) is 19.3. The number of para-hydroxylation sites is 3. The zero-order valence-corrected chi connectivity index (χ0v) is 14.5. The summed E-state index contributed by atoms with van der Waals surface area (Å²) in [7, 11) is 0. The van der Waals surface area contributed by atoms with Crippen LogP contribution in [0.4, 0.5) is 5.95 Å². The average Bonchev–Trinajstić information content (AvgIpc) is 3.29. The molecule has 0 aliphatic rings. The van der Waals surface area contributed by atoms with E-state index in [1.54, 1.807) is 16.9 Å². The van der Waals surface area contributed by atoms with Crippen molar-refractivity contribution in [2.75, 3.05) is 5.32 Å². The zero-order valence-electron chi connectivity index (χ0n) is 14.5. The molecule has 0 spiro atoms. The normalized spacial score (nSPS) is 11.0. The molecular formula is C20H19N5O. The van der Waals surface area contributed by atoms with Crippen LogP contribution in [0.25, 0.3) is 16.7 Å². The van der Waals surface area contributed by atoms with E-state index in [1.165, 1.54) is 0 Å². The minimum atomic E-state index is -0.271. The van der Waals surface area contributed by atoms with Crippen molar-refractivity contribution in [3.05, 3.63) is 72.6 Å². The van der Waals surface area contributed by atoms with Gasteiger partial charge in [-0.05, 0) is 36.8 Å². The highest BCUT2D eigenvalue weighted by molar-refractivity contribution is 6.02. The number of hydrogen-bond donors (Lipinski definition) is 1. The first-order chi connectivity index (χ1) is 12.8. The van der Waals surface area contributed by atoms with Crippen LogP contribution in [0.3, 0.4) is 0 Å². The largest absolute Gasteiger partial charge is 0.310 e. The Kier molecular flexibility index (Phi) is 4.23. The number of amides is 1. The van der Waals surface area contributed by atoms with E-state index in [9.17, 15) is 4.79 Å². The summed E-state index contributed by atoms with van der Waals surface area (Å²) in [5, 5.41) is 7.28. The molecule has 0 saturated carbocycles. The van der Waals surface area contributed by atoms with Gasteiger partial charge in [0.05, 0.1) is 16.7 Å². The van der Waals surface area contributed by atoms with Gasteiger partial charge in [-0.25, -0.2) is 9.67 Å². The number of imidazole rings is 1. The summed E-state index contributed by atoms with van der Waals surface area (Å²) < 4.78 is 3.71. The molecule has 0 aliphatic carbocycles. The average molecular weight is 345 g/mol. The minimum absolute atomic E-state index is 0.271. The highest BCUT2D eigenvalue weighted by Crippen LogP contribution is 2.20. The summed E-state index contributed by atoms with van der Waals surface area (Å²) in [6.07, 6.45) is 2.73. The van der Waals surface area contributed by atoms with Crippen LogP contribution in [-0.4, -0.2) is 25.2 Å². The maximum absolute atomic E-state index is 12.7. The number of nitrogens with zero attached hydrogens (tertiary/aromatic N) is 4. The van der Waals surface area contributed by atoms with Crippen LogP contribution in [0, 0.1) is 0 Å². The number of anilines is 1. The number of carbonyl (C=O) groups is 1. The summed E-state index contributed by atoms with van der Waals surface area (Å²) in [6.45, 7) is 2.89. The Labute approximate surface area is 151 Å². The molecular weight excluding hydrogens is 326 g/mol. The Balaban J connectivity index is 1.62. The summed E-state index contributed by atoms with van der Waals surface area (Å²) >= 11 is 0. The first-order valence-corrected chi connectivity index (χ1v) is 8.64. The van der Waals surface area contributed by atoms with E-state index in [4.69, 9.17) is 0 Å². The van der Waals surface area contributed by atoms with Crippen LogP contribution in [0.1, 0.15) is 23.8 Å². The van der Waals surface area contributed by atoms with Crippen molar-refractivity contribution in [2.45, 2.75) is 19.9 Å². The van der Waals surface area contributed by atoms with E-state index in [0.717, 1.165) is 29.7 Å². The fourth-order valence-corrected chi connectivity index (χ4v) is 2.96. The molecule has 1 amide bonds. The fourth-order valence-electron chi connectivity index (χ4n) is 2.96. The van der Waals surface area contributed by atoms with Crippen LogP contribution in [0.5, 0.6) is 0 Å². The quantitative estimate of drug-likeness (QED) is 0.597. The highest BCUT2D eigenvalue weighted by Gasteiger charge is 2.16. The zero-order chi connectivity index (χ0) is 17.9. The molecule has 130 valence electrons. The molecule has 0 radical (unpaired) electrons. The van der Waals surface area contributed by atoms with Crippen molar-refractivity contribution in [1.82, 2.24) is 19.3 Å². The van der Waals surface area contributed by atoms with E-state index >= 15 is 0 Å². The Bertz CT molecular complexity index is 1050. The van der Waals surface area contributed by atoms with Crippen molar-refractivity contribution in [1.29, 1.82) is 0 Å². The molecule has 0 aliphatic heterocycles. The van der Waals surface area contributed by atoms with Gasteiger partial charge in [0.15, 0.2) is 5.69 Å². The molecule has 4 aromatic rings. The number of carbonyl (C=O) groups excluding carboxylic acids is 1. The summed E-state index contributed by atoms with van der Waals surface area (Å²) in [5.74, 6) is 0.277. The molecule has 0 bridgehead atoms. The SMILES string of the molecule is CCCn1c(NC(=O)c2ccn(-c3ccccc3)n2)nc2ccccc21. The van der Waals surface area contributed by atoms with Gasteiger partial charge in [0.2, 0.25) is 5.95 Å². The number of benzene rings is 2. The number of fused-ring (bicyclic) bond motifs is 1. The minimum Gasteiger partial charge on any atom is -0.310 e. The van der Waals surface area contributed by atoms with Gasteiger partial charge in [-0.3, -0.25) is 10.1 Å². The Hall–Kier alpha value is -3.41. The lowest BCUT2D eigenvalue weighted by atomic mass is 10.3. The molecule has 1 N–H and O–H groups in total. The second-order valence-corrected chi connectivity index (χ2v) is 6.01. The highest BCUT2D eigenvalue weighted by atomic mass is 16.2. The van der Waals surface area contributed by atoms with E-state index < -0.39 is 0 Å². The smallest absolute Gasteiger partial charge is 0.278 e. The van der Waals surface area contributed by atoms with Crippen LogP contribution in [-0.2, 0) is 6.54 Å². The maximum Gasteiger partial charge on any atom is 0.278 e. The van der Waals surface area contributed by atoms with Crippen molar-refractivity contribution in [3.63, 3.8) is 0 Å². The Morgan fingerprint density at radius 3 is 2.62 bits per heavy atom. The standard InChI is InChI=1S/C20H19N5O/c1-2-13-24-18-11-7-6-10-16(18)21-20(24)22-19(26)17-12-14-25(23-17)15-8-4-3-5-9-15/h3-12,14H,2,13H2,1H3,(H,21,22,26). The Morgan fingerprint density at radius 1 is 1.04 bits per heavy atom. The van der Waals surface area contributed by atoms with E-state index in [0.29, 0.717) is 11.6 Å². The van der Waals surface area contributed by atoms with Crippen molar-refractivity contribution in [3.8, 4) is 5.69 Å². The maximum atomic E-state index is 12.7. The fraction of sp³-hybridized carbons (Fsp3) is 0.150. The number of nitrogens with one attached hydrogen (secondary N) is 1. The van der Waals surface area contributed by atoms with Gasteiger partial charge < -0.3 is 4.57 Å². The van der Waals surface area contributed by atoms with E-state index in [-0.39, 0.29) is 5.91 Å². The summed E-state index contributed by atoms with van der Waals surface area (Å²) in [5.41, 5.74) is 3.14. The van der Waals surface area contributed by atoms with Crippen molar-refractivity contribution >= 4 is 22.9 Å². The molecule has 2 aromatic carbocycles. The lowest BCUT2D eigenvalue weighted by molar-refractivity contribution is 0.102. The third-order valence-corrected chi connectivity index (χ3v) is 4.17. The third-order valence-electron chi connectivity index (χ3n) is 4.17. The molecule has 2 aromatic heterocycles. The molecule has 0 atom stereocenters. The van der Waals surface area contributed by atoms with Crippen LogP contribution in [0.15, 0.2) is 66.9 Å². The van der Waals surface area contributed by atoms with Gasteiger partial charge in [0.1, 0.15) is 0 Å². The number of rotatable bonds is 5. The van der Waals surface area contributed by atoms with Gasteiger partial charge in [0.25, 0.3) is 5.91 Å². The monoisotopic (exact) mass is 345 g/mol. The van der Waals surface area contributed by atoms with Gasteiger partial charge >= 0.3 is 0 Å². The van der Waals surface area contributed by atoms with Crippen molar-refractivity contribution in [2.24, 2.45) is 0 Å². The third kappa shape index (κ3) is 2.97. The molecule has 4 rings (SSSR count). The predicted molar refractivity (Wildman–Crippen MR) is 102 cm³/mol. The molecule has 26 heavy (non-hydrogen) atoms. The molecule has 0 unspecified atom stereocenters. The lowest BCUT2D eigenvalue weighted by Gasteiger charge is -2.08. The number of aryl methyl sites for hydroxylation is 1. The van der Waals surface area contributed by atoms with Crippen molar-refractivity contribution < 1.29 is 4.79 Å². The summed E-state index contributed by atoms with van der Waals surface area (Å²) in [4.78, 5) is 17.2. The second kappa shape index (κ2) is 6.84. The van der Waals surface area contributed by atoms with Crippen LogP contribution in [0.2, 0.25) is 0 Å². The van der Waals surface area contributed by atoms with E-state index in [2.05, 4.69) is 22.3 Å². The molecule has 0 fully saturated rings. The number of hydrogen-bond acceptors (Lipinski definition) is 3. The van der Waals surface area contributed by atoms with E-state index in [1.807, 2.05) is 59.2 Å². The number of aromatic nitrogens is 4. The second-order valence-electron chi connectivity index (χ2n) is 6.01. The lowest BCUT2D eigenvalue weighted by Crippen LogP contribution is -2.17. The molecule has 6 nitrogen and oxygen atoms in total. The van der Waals surface area contributed by atoms with Gasteiger partial charge in [0, 0.05) is 12.7 Å². The first-order valence-electron chi connectivity index (χ1n) is 8.64. The molecule has 0 saturated heterocycles. The first kappa shape index (κ1) is 16.1. The van der Waals surface area contributed by atoms with Gasteiger partial charge in [-0.15, -0.1) is 0 Å². The van der Waals surface area contributed by atoms with Gasteiger partial charge in [-0.2, -0.15) is 5.10 Å². The van der Waals surface area contributed by atoms with Crippen LogP contribution < -0.4 is 5.32 Å². The molecule has 6 heteroatoms. The van der Waals surface area contributed by atoms with Crippen LogP contribution >= 0.6 is 0 Å². The Morgan fingerprint density at radius 2 is 1.81 bits per heavy atom. The van der Waals surface area contributed by atoms with Gasteiger partial charge in [-0.1, -0.05) is 37.3 Å². The molecule has 2 heterocycles.